The lowest BCUT2D eigenvalue weighted by molar-refractivity contribution is 0.0697. The Bertz CT molecular complexity index is 931. The number of anilines is 2. The van der Waals surface area contributed by atoms with Crippen LogP contribution < -0.4 is 5.32 Å². The first-order valence-electron chi connectivity index (χ1n) is 9.05. The second-order valence-corrected chi connectivity index (χ2v) is 6.65. The van der Waals surface area contributed by atoms with Crippen LogP contribution in [0.25, 0.3) is 11.4 Å². The first-order chi connectivity index (χ1) is 13.2. The zero-order chi connectivity index (χ0) is 18.6. The maximum Gasteiger partial charge on any atom is 0.335 e. The van der Waals surface area contributed by atoms with Crippen LogP contribution in [0.15, 0.2) is 42.7 Å². The molecule has 2 aromatic heterocycles. The number of benzene rings is 1. The molecule has 0 aliphatic heterocycles. The third-order valence-corrected chi connectivity index (χ3v) is 4.77. The van der Waals surface area contributed by atoms with Crippen molar-refractivity contribution in [1.29, 1.82) is 0 Å². The number of carboxylic acid groups (broad SMARTS) is 1. The Hall–Kier alpha value is -3.29. The predicted octanol–water partition coefficient (Wildman–Crippen LogP) is 3.68. The van der Waals surface area contributed by atoms with Crippen molar-refractivity contribution in [2.24, 2.45) is 0 Å². The Balaban J connectivity index is 1.50. The van der Waals surface area contributed by atoms with Crippen molar-refractivity contribution < 1.29 is 9.90 Å². The van der Waals surface area contributed by atoms with Crippen LogP contribution >= 0.6 is 0 Å². The summed E-state index contributed by atoms with van der Waals surface area (Å²) in [5.74, 6) is -0.538. The Labute approximate surface area is 156 Å². The molecular formula is C19H20N6O2. The third-order valence-electron chi connectivity index (χ3n) is 4.77. The summed E-state index contributed by atoms with van der Waals surface area (Å²) in [5.41, 5.74) is 2.35. The van der Waals surface area contributed by atoms with E-state index in [9.17, 15) is 4.79 Å². The number of hydrogen-bond donors (Lipinski definition) is 2. The number of aromatic nitrogens is 5. The van der Waals surface area contributed by atoms with Gasteiger partial charge in [0.1, 0.15) is 5.69 Å². The average Bonchev–Trinajstić information content (AvgIpc) is 3.20. The molecule has 0 saturated heterocycles. The summed E-state index contributed by atoms with van der Waals surface area (Å²) >= 11 is 0. The number of carboxylic acids is 1. The molecule has 0 spiro atoms. The molecule has 8 heteroatoms. The molecule has 2 N–H and O–H groups in total. The number of rotatable bonds is 5. The minimum Gasteiger partial charge on any atom is -0.478 e. The maximum atomic E-state index is 10.9. The van der Waals surface area contributed by atoms with Crippen molar-refractivity contribution in [3.63, 3.8) is 0 Å². The zero-order valence-corrected chi connectivity index (χ0v) is 14.7. The lowest BCUT2D eigenvalue weighted by Crippen LogP contribution is -2.13. The fraction of sp³-hybridized carbons (Fsp3) is 0.316. The van der Waals surface area contributed by atoms with Crippen molar-refractivity contribution >= 4 is 17.6 Å². The second kappa shape index (κ2) is 7.53. The van der Waals surface area contributed by atoms with E-state index in [1.54, 1.807) is 24.4 Å². The molecule has 8 nitrogen and oxygen atoms in total. The van der Waals surface area contributed by atoms with Gasteiger partial charge in [0.15, 0.2) is 0 Å². The van der Waals surface area contributed by atoms with E-state index in [0.717, 1.165) is 12.8 Å². The van der Waals surface area contributed by atoms with Crippen molar-refractivity contribution in [2.75, 3.05) is 5.32 Å². The zero-order valence-electron chi connectivity index (χ0n) is 14.7. The van der Waals surface area contributed by atoms with Crippen LogP contribution in [0.5, 0.6) is 0 Å². The van der Waals surface area contributed by atoms with Crippen molar-refractivity contribution in [2.45, 2.75) is 38.1 Å². The molecule has 0 atom stereocenters. The van der Waals surface area contributed by atoms with Crippen LogP contribution in [0, 0.1) is 0 Å². The highest BCUT2D eigenvalue weighted by atomic mass is 16.4. The van der Waals surface area contributed by atoms with Gasteiger partial charge in [0.2, 0.25) is 5.95 Å². The van der Waals surface area contributed by atoms with Gasteiger partial charge in [0.25, 0.3) is 0 Å². The number of aromatic carboxylic acids is 1. The Morgan fingerprint density at radius 3 is 2.59 bits per heavy atom. The molecule has 138 valence electrons. The van der Waals surface area contributed by atoms with Gasteiger partial charge in [-0.15, -0.1) is 5.10 Å². The fourth-order valence-electron chi connectivity index (χ4n) is 3.30. The highest BCUT2D eigenvalue weighted by molar-refractivity contribution is 5.88. The minimum absolute atomic E-state index is 0.231. The molecule has 1 saturated carbocycles. The highest BCUT2D eigenvalue weighted by Crippen LogP contribution is 2.28. The van der Waals surface area contributed by atoms with Crippen LogP contribution in [0.2, 0.25) is 0 Å². The molecule has 1 aliphatic carbocycles. The number of hydrogen-bond acceptors (Lipinski definition) is 6. The van der Waals surface area contributed by atoms with Gasteiger partial charge in [0.05, 0.1) is 23.5 Å². The first-order valence-corrected chi connectivity index (χ1v) is 9.05. The predicted molar refractivity (Wildman–Crippen MR) is 99.9 cm³/mol. The Morgan fingerprint density at radius 1 is 1.07 bits per heavy atom. The van der Waals surface area contributed by atoms with Gasteiger partial charge >= 0.3 is 5.97 Å². The van der Waals surface area contributed by atoms with Crippen LogP contribution in [-0.2, 0) is 0 Å². The van der Waals surface area contributed by atoms with Gasteiger partial charge in [-0.1, -0.05) is 24.5 Å². The molecule has 1 aliphatic rings. The van der Waals surface area contributed by atoms with Crippen molar-refractivity contribution in [1.82, 2.24) is 25.0 Å². The van der Waals surface area contributed by atoms with Crippen molar-refractivity contribution in [3.05, 3.63) is 48.3 Å². The fourth-order valence-corrected chi connectivity index (χ4v) is 3.30. The Kier molecular flexibility index (Phi) is 4.78. The normalized spacial score (nSPS) is 14.8. The summed E-state index contributed by atoms with van der Waals surface area (Å²) in [5, 5.41) is 20.6. The van der Waals surface area contributed by atoms with Gasteiger partial charge in [-0.3, -0.25) is 0 Å². The van der Waals surface area contributed by atoms with Crippen molar-refractivity contribution in [3.8, 4) is 11.4 Å². The lowest BCUT2D eigenvalue weighted by Gasteiger charge is -2.20. The van der Waals surface area contributed by atoms with E-state index in [4.69, 9.17) is 5.11 Å². The second-order valence-electron chi connectivity index (χ2n) is 6.65. The number of nitrogens with one attached hydrogen (secondary N) is 1. The molecule has 0 amide bonds. The molecule has 2 heterocycles. The van der Waals surface area contributed by atoms with E-state index in [1.807, 2.05) is 10.9 Å². The summed E-state index contributed by atoms with van der Waals surface area (Å²) in [6.45, 7) is 0. The quantitative estimate of drug-likeness (QED) is 0.711. The van der Waals surface area contributed by atoms with E-state index in [2.05, 4.69) is 25.6 Å². The smallest absolute Gasteiger partial charge is 0.335 e. The molecule has 0 unspecified atom stereocenters. The highest BCUT2D eigenvalue weighted by Gasteiger charge is 2.17. The molecule has 1 fully saturated rings. The number of nitrogens with zero attached hydrogens (tertiary/aromatic N) is 5. The molecular weight excluding hydrogens is 344 g/mol. The van der Waals surface area contributed by atoms with Gasteiger partial charge in [0, 0.05) is 11.9 Å². The summed E-state index contributed by atoms with van der Waals surface area (Å²) in [6, 6.07) is 8.65. The van der Waals surface area contributed by atoms with Crippen LogP contribution in [-0.4, -0.2) is 36.0 Å². The van der Waals surface area contributed by atoms with E-state index in [1.165, 1.54) is 31.4 Å². The summed E-state index contributed by atoms with van der Waals surface area (Å²) in [4.78, 5) is 19.6. The van der Waals surface area contributed by atoms with Crippen LogP contribution in [0.1, 0.15) is 48.5 Å². The maximum absolute atomic E-state index is 10.9. The van der Waals surface area contributed by atoms with Gasteiger partial charge < -0.3 is 10.4 Å². The minimum atomic E-state index is -0.958. The summed E-state index contributed by atoms with van der Waals surface area (Å²) in [6.07, 6.45) is 9.67. The van der Waals surface area contributed by atoms with Gasteiger partial charge in [-0.25, -0.2) is 19.4 Å². The monoisotopic (exact) mass is 364 g/mol. The van der Waals surface area contributed by atoms with E-state index < -0.39 is 5.97 Å². The standard InChI is InChI=1S/C19H20N6O2/c26-18(27)13-6-8-14(9-7-13)21-19-20-11-10-16(22-19)17-12-25(24-23-17)15-4-2-1-3-5-15/h6-12,15H,1-5H2,(H,26,27)(H,20,21,22). The SMILES string of the molecule is O=C(O)c1ccc(Nc2nccc(-c3cn(C4CCCCC4)nn3)n2)cc1. The largest absolute Gasteiger partial charge is 0.478 e. The average molecular weight is 364 g/mol. The van der Waals surface area contributed by atoms with E-state index in [-0.39, 0.29) is 5.56 Å². The molecule has 1 aromatic carbocycles. The van der Waals surface area contributed by atoms with E-state index >= 15 is 0 Å². The molecule has 3 aromatic rings. The Morgan fingerprint density at radius 2 is 1.85 bits per heavy atom. The lowest BCUT2D eigenvalue weighted by atomic mass is 9.96. The molecule has 0 radical (unpaired) electrons. The summed E-state index contributed by atoms with van der Waals surface area (Å²) < 4.78 is 1.95. The van der Waals surface area contributed by atoms with Gasteiger partial charge in [-0.05, 0) is 43.2 Å². The topological polar surface area (TPSA) is 106 Å². The number of carbonyl (C=O) groups is 1. The third kappa shape index (κ3) is 3.94. The summed E-state index contributed by atoms with van der Waals surface area (Å²) in [7, 11) is 0. The van der Waals surface area contributed by atoms with Crippen LogP contribution in [0.3, 0.4) is 0 Å². The first kappa shape index (κ1) is 17.1. The molecule has 4 rings (SSSR count). The molecule has 27 heavy (non-hydrogen) atoms. The van der Waals surface area contributed by atoms with E-state index in [0.29, 0.717) is 29.1 Å². The van der Waals surface area contributed by atoms with Crippen LogP contribution in [0.4, 0.5) is 11.6 Å². The molecule has 0 bridgehead atoms. The van der Waals surface area contributed by atoms with Gasteiger partial charge in [-0.2, -0.15) is 0 Å².